The Labute approximate surface area is 190 Å². The number of benzene rings is 1. The number of amides is 4. The molecule has 3 aliphatic rings. The summed E-state index contributed by atoms with van der Waals surface area (Å²) in [6.45, 7) is 9.97. The predicted molar refractivity (Wildman–Crippen MR) is 124 cm³/mol. The van der Waals surface area contributed by atoms with E-state index in [4.69, 9.17) is 0 Å². The predicted octanol–water partition coefficient (Wildman–Crippen LogP) is 1.19. The van der Waals surface area contributed by atoms with Gasteiger partial charge in [-0.25, -0.2) is 4.79 Å². The zero-order valence-corrected chi connectivity index (χ0v) is 19.3. The van der Waals surface area contributed by atoms with E-state index in [1.54, 1.807) is 4.90 Å². The smallest absolute Gasteiger partial charge is 0.327 e. The average molecular weight is 443 g/mol. The summed E-state index contributed by atoms with van der Waals surface area (Å²) in [6, 6.07) is 7.78. The Bertz CT molecular complexity index is 826. The molecule has 4 rings (SSSR count). The lowest BCUT2D eigenvalue weighted by atomic mass is 10.0. The van der Waals surface area contributed by atoms with Crippen LogP contribution in [0.25, 0.3) is 0 Å². The molecule has 3 saturated heterocycles. The largest absolute Gasteiger partial charge is 0.360 e. The van der Waals surface area contributed by atoms with Crippen LogP contribution < -0.4 is 15.1 Å². The molecule has 0 radical (unpaired) electrons. The maximum absolute atomic E-state index is 12.6. The highest BCUT2D eigenvalue weighted by Crippen LogP contribution is 2.26. The molecule has 174 valence electrons. The molecule has 4 amide bonds. The molecule has 3 heterocycles. The number of piperidine rings is 1. The van der Waals surface area contributed by atoms with Crippen molar-refractivity contribution in [2.24, 2.45) is 5.92 Å². The molecule has 0 unspecified atom stereocenters. The number of nitrogens with one attached hydrogen (secondary N) is 2. The highest BCUT2D eigenvalue weighted by molar-refractivity contribution is 6.04. The van der Waals surface area contributed by atoms with Crippen molar-refractivity contribution in [1.82, 2.24) is 9.80 Å². The third kappa shape index (κ3) is 4.90. The Morgan fingerprint density at radius 2 is 1.94 bits per heavy atom. The molecule has 0 saturated carbocycles. The van der Waals surface area contributed by atoms with Crippen molar-refractivity contribution >= 4 is 29.2 Å². The van der Waals surface area contributed by atoms with Gasteiger partial charge in [0.15, 0.2) is 0 Å². The van der Waals surface area contributed by atoms with E-state index < -0.39 is 0 Å². The van der Waals surface area contributed by atoms with E-state index in [1.165, 1.54) is 9.80 Å². The number of carbonyl (C=O) groups is 3. The SMILES string of the molecule is CC(C)C(=O)Nc1cccc(N2CC[NH+](CCCN3C(=O)[C@@H]4CCCCN4C3=O)CC2)c1. The van der Waals surface area contributed by atoms with E-state index in [-0.39, 0.29) is 29.8 Å². The molecule has 1 atom stereocenters. The summed E-state index contributed by atoms with van der Waals surface area (Å²) in [5, 5.41) is 2.98. The first kappa shape index (κ1) is 22.6. The van der Waals surface area contributed by atoms with Gasteiger partial charge in [0.05, 0.1) is 32.7 Å². The molecule has 32 heavy (non-hydrogen) atoms. The fourth-order valence-corrected chi connectivity index (χ4v) is 4.94. The van der Waals surface area contributed by atoms with E-state index in [0.717, 1.165) is 76.3 Å². The number of hydrogen-bond donors (Lipinski definition) is 2. The number of piperazine rings is 1. The maximum atomic E-state index is 12.6. The number of fused-ring (bicyclic) bond motifs is 1. The first-order valence-corrected chi connectivity index (χ1v) is 12.1. The number of carbonyl (C=O) groups excluding carboxylic acids is 3. The van der Waals surface area contributed by atoms with Crippen molar-refractivity contribution < 1.29 is 19.3 Å². The molecule has 3 fully saturated rings. The molecule has 0 bridgehead atoms. The Kier molecular flexibility index (Phi) is 6.98. The Morgan fingerprint density at radius 1 is 1.16 bits per heavy atom. The van der Waals surface area contributed by atoms with Crippen molar-refractivity contribution in [2.75, 3.05) is 56.0 Å². The third-order valence-electron chi connectivity index (χ3n) is 6.92. The van der Waals surface area contributed by atoms with E-state index in [2.05, 4.69) is 16.3 Å². The van der Waals surface area contributed by atoms with E-state index in [0.29, 0.717) is 6.54 Å². The van der Waals surface area contributed by atoms with Gasteiger partial charge in [-0.05, 0) is 37.5 Å². The van der Waals surface area contributed by atoms with Crippen molar-refractivity contribution in [1.29, 1.82) is 0 Å². The first-order valence-electron chi connectivity index (χ1n) is 12.1. The summed E-state index contributed by atoms with van der Waals surface area (Å²) in [5.41, 5.74) is 1.97. The van der Waals surface area contributed by atoms with Gasteiger partial charge in [0.25, 0.3) is 5.91 Å². The van der Waals surface area contributed by atoms with Crippen LogP contribution in [0, 0.1) is 5.92 Å². The molecule has 1 aromatic rings. The average Bonchev–Trinajstić information content (AvgIpc) is 3.05. The van der Waals surface area contributed by atoms with Gasteiger partial charge >= 0.3 is 6.03 Å². The minimum Gasteiger partial charge on any atom is -0.360 e. The lowest BCUT2D eigenvalue weighted by Gasteiger charge is -2.34. The summed E-state index contributed by atoms with van der Waals surface area (Å²) in [4.78, 5) is 44.3. The fourth-order valence-electron chi connectivity index (χ4n) is 4.94. The van der Waals surface area contributed by atoms with Gasteiger partial charge in [-0.2, -0.15) is 0 Å². The van der Waals surface area contributed by atoms with Crippen LogP contribution in [0.4, 0.5) is 16.2 Å². The third-order valence-corrected chi connectivity index (χ3v) is 6.92. The quantitative estimate of drug-likeness (QED) is 0.622. The van der Waals surface area contributed by atoms with Crippen LogP contribution in [-0.4, -0.2) is 79.5 Å². The highest BCUT2D eigenvalue weighted by Gasteiger charge is 2.45. The van der Waals surface area contributed by atoms with Gasteiger partial charge in [-0.1, -0.05) is 19.9 Å². The zero-order chi connectivity index (χ0) is 22.7. The number of rotatable bonds is 7. The second kappa shape index (κ2) is 9.90. The fraction of sp³-hybridized carbons (Fsp3) is 0.625. The normalized spacial score (nSPS) is 22.0. The van der Waals surface area contributed by atoms with Crippen LogP contribution in [0.5, 0.6) is 0 Å². The minimum absolute atomic E-state index is 0.0129. The molecule has 0 aliphatic carbocycles. The molecule has 8 nitrogen and oxygen atoms in total. The standard InChI is InChI=1S/C24H35N5O3/c1-18(2)22(30)25-19-7-5-8-20(17-19)27-15-13-26(14-16-27)10-6-12-29-23(31)21-9-3-4-11-28(21)24(29)32/h5,7-8,17-18,21H,3-4,6,9-16H2,1-2H3,(H,25,30)/p+1/t21-/m0/s1. The summed E-state index contributed by atoms with van der Waals surface area (Å²) >= 11 is 0. The van der Waals surface area contributed by atoms with E-state index >= 15 is 0 Å². The zero-order valence-electron chi connectivity index (χ0n) is 19.3. The minimum atomic E-state index is -0.201. The van der Waals surface area contributed by atoms with Crippen LogP contribution >= 0.6 is 0 Å². The molecule has 2 N–H and O–H groups in total. The Hall–Kier alpha value is -2.61. The second-order valence-electron chi connectivity index (χ2n) is 9.51. The van der Waals surface area contributed by atoms with Crippen LogP contribution in [0.1, 0.15) is 39.5 Å². The molecule has 0 aromatic heterocycles. The first-order chi connectivity index (χ1) is 15.4. The summed E-state index contributed by atoms with van der Waals surface area (Å²) < 4.78 is 0. The summed E-state index contributed by atoms with van der Waals surface area (Å²) in [5.74, 6) is -0.000393. The van der Waals surface area contributed by atoms with Crippen molar-refractivity contribution in [3.8, 4) is 0 Å². The number of hydrogen-bond acceptors (Lipinski definition) is 4. The molecular weight excluding hydrogens is 406 g/mol. The highest BCUT2D eigenvalue weighted by atomic mass is 16.2. The van der Waals surface area contributed by atoms with E-state index in [9.17, 15) is 14.4 Å². The summed E-state index contributed by atoms with van der Waals surface area (Å²) in [7, 11) is 0. The van der Waals surface area contributed by atoms with Crippen molar-refractivity contribution in [3.63, 3.8) is 0 Å². The van der Waals surface area contributed by atoms with Crippen LogP contribution in [0.3, 0.4) is 0 Å². The van der Waals surface area contributed by atoms with Gasteiger partial charge in [0, 0.05) is 36.8 Å². The Morgan fingerprint density at radius 3 is 2.66 bits per heavy atom. The van der Waals surface area contributed by atoms with Gasteiger partial charge in [0.1, 0.15) is 6.04 Å². The lowest BCUT2D eigenvalue weighted by Crippen LogP contribution is -3.15. The van der Waals surface area contributed by atoms with Gasteiger partial charge in [-0.15, -0.1) is 0 Å². The van der Waals surface area contributed by atoms with Crippen molar-refractivity contribution in [2.45, 2.75) is 45.6 Å². The molecule has 8 heteroatoms. The van der Waals surface area contributed by atoms with Crippen LogP contribution in [0.15, 0.2) is 24.3 Å². The lowest BCUT2D eigenvalue weighted by molar-refractivity contribution is -0.900. The number of nitrogens with zero attached hydrogens (tertiary/aromatic N) is 3. The number of urea groups is 1. The molecular formula is C24H36N5O3+. The number of anilines is 2. The second-order valence-corrected chi connectivity index (χ2v) is 9.51. The maximum Gasteiger partial charge on any atom is 0.327 e. The van der Waals surface area contributed by atoms with Crippen LogP contribution in [-0.2, 0) is 9.59 Å². The molecule has 1 aromatic carbocycles. The number of quaternary nitrogens is 1. The number of imide groups is 1. The van der Waals surface area contributed by atoms with Gasteiger partial charge < -0.3 is 20.0 Å². The Balaban J connectivity index is 1.22. The van der Waals surface area contributed by atoms with Gasteiger partial charge in [-0.3, -0.25) is 14.5 Å². The van der Waals surface area contributed by atoms with E-state index in [1.807, 2.05) is 32.0 Å². The molecule has 0 spiro atoms. The topological polar surface area (TPSA) is 77.4 Å². The molecule has 3 aliphatic heterocycles. The summed E-state index contributed by atoms with van der Waals surface area (Å²) in [6.07, 6.45) is 3.71. The van der Waals surface area contributed by atoms with Gasteiger partial charge in [0.2, 0.25) is 5.91 Å². The van der Waals surface area contributed by atoms with Crippen LogP contribution in [0.2, 0.25) is 0 Å². The monoisotopic (exact) mass is 442 g/mol. The van der Waals surface area contributed by atoms with Crippen molar-refractivity contribution in [3.05, 3.63) is 24.3 Å².